The van der Waals surface area contributed by atoms with Crippen molar-refractivity contribution in [1.82, 2.24) is 15.0 Å². The lowest BCUT2D eigenvalue weighted by Crippen LogP contribution is -2.05. The summed E-state index contributed by atoms with van der Waals surface area (Å²) in [5.74, 6) is -0.458. The summed E-state index contributed by atoms with van der Waals surface area (Å²) in [5.41, 5.74) is 3.38. The number of benzene rings is 1. The molecule has 0 aliphatic carbocycles. The monoisotopic (exact) mass is 309 g/mol. The van der Waals surface area contributed by atoms with Crippen LogP contribution in [0.4, 0.5) is 0 Å². The first-order valence-electron chi connectivity index (χ1n) is 6.70. The van der Waals surface area contributed by atoms with E-state index in [1.165, 1.54) is 6.33 Å². The van der Waals surface area contributed by atoms with Gasteiger partial charge in [-0.1, -0.05) is 29.8 Å². The number of hydrogen-bond donors (Lipinski definition) is 0. The zero-order chi connectivity index (χ0) is 15.4. The highest BCUT2D eigenvalue weighted by molar-refractivity contribution is 6.30. The quantitative estimate of drug-likeness (QED) is 0.692. The molecule has 0 N–H and O–H groups in total. The molecule has 3 rings (SSSR count). The Labute approximate surface area is 132 Å². The number of hydrogen-bond acceptors (Lipinski definition) is 4. The molecule has 1 unspecified atom stereocenters. The first-order valence-corrected chi connectivity index (χ1v) is 7.08. The molecule has 22 heavy (non-hydrogen) atoms. The van der Waals surface area contributed by atoms with Gasteiger partial charge in [0.15, 0.2) is 0 Å². The molecule has 0 amide bonds. The second-order valence-electron chi connectivity index (χ2n) is 4.76. The first-order chi connectivity index (χ1) is 10.8. The van der Waals surface area contributed by atoms with Gasteiger partial charge in [0, 0.05) is 34.7 Å². The zero-order valence-electron chi connectivity index (χ0n) is 11.6. The molecule has 0 fully saturated rings. The highest BCUT2D eigenvalue weighted by Crippen LogP contribution is 2.24. The Hall–Kier alpha value is -2.59. The van der Waals surface area contributed by atoms with Crippen LogP contribution < -0.4 is 0 Å². The highest BCUT2D eigenvalue weighted by Gasteiger charge is 2.15. The molecule has 0 aliphatic heterocycles. The second kappa shape index (κ2) is 6.45. The fourth-order valence-electron chi connectivity index (χ4n) is 2.19. The van der Waals surface area contributed by atoms with E-state index in [1.807, 2.05) is 36.4 Å². The van der Waals surface area contributed by atoms with Crippen molar-refractivity contribution in [3.05, 3.63) is 77.6 Å². The normalized spacial score (nSPS) is 11.9. The maximum Gasteiger partial charge on any atom is 0.133 e. The fraction of sp³-hybridized carbons (Fsp3) is 0.0588. The predicted octanol–water partition coefficient (Wildman–Crippen LogP) is 3.52. The molecule has 1 aromatic carbocycles. The van der Waals surface area contributed by atoms with Crippen molar-refractivity contribution >= 4 is 17.9 Å². The Morgan fingerprint density at radius 1 is 0.909 bits per heavy atom. The summed E-state index contributed by atoms with van der Waals surface area (Å²) in [4.78, 5) is 23.7. The molecule has 0 aliphatic rings. The Kier molecular flexibility index (Phi) is 4.21. The van der Waals surface area contributed by atoms with Gasteiger partial charge in [0.2, 0.25) is 0 Å². The standard InChI is InChI=1S/C17H12ClN3O/c18-15-4-1-12(2-5-15)13-3-6-17(21-9-13)16(10-22)14-7-19-11-20-8-14/h1-11,16H. The molecule has 0 radical (unpaired) electrons. The van der Waals surface area contributed by atoms with Crippen LogP contribution in [0.5, 0.6) is 0 Å². The van der Waals surface area contributed by atoms with Gasteiger partial charge in [-0.3, -0.25) is 4.98 Å². The minimum atomic E-state index is -0.458. The maximum atomic E-state index is 11.4. The Morgan fingerprint density at radius 2 is 1.59 bits per heavy atom. The molecule has 0 saturated heterocycles. The van der Waals surface area contributed by atoms with E-state index in [0.717, 1.165) is 23.0 Å². The number of carbonyl (C=O) groups excluding carboxylic acids is 1. The van der Waals surface area contributed by atoms with Crippen LogP contribution in [0.1, 0.15) is 17.2 Å². The topological polar surface area (TPSA) is 55.7 Å². The molecule has 2 aromatic heterocycles. The van der Waals surface area contributed by atoms with Crippen molar-refractivity contribution < 1.29 is 4.79 Å². The van der Waals surface area contributed by atoms with Crippen molar-refractivity contribution in [2.24, 2.45) is 0 Å². The third kappa shape index (κ3) is 3.02. The molecule has 2 heterocycles. The molecule has 5 heteroatoms. The van der Waals surface area contributed by atoms with Gasteiger partial charge in [-0.25, -0.2) is 9.97 Å². The van der Waals surface area contributed by atoms with Crippen LogP contribution in [0.3, 0.4) is 0 Å². The van der Waals surface area contributed by atoms with Crippen LogP contribution in [0.2, 0.25) is 5.02 Å². The molecule has 1 atom stereocenters. The van der Waals surface area contributed by atoms with E-state index in [0.29, 0.717) is 10.7 Å². The largest absolute Gasteiger partial charge is 0.302 e. The van der Waals surface area contributed by atoms with Crippen molar-refractivity contribution in [2.45, 2.75) is 5.92 Å². The Morgan fingerprint density at radius 3 is 2.18 bits per heavy atom. The van der Waals surface area contributed by atoms with Crippen LogP contribution in [0, 0.1) is 0 Å². The van der Waals surface area contributed by atoms with E-state index in [1.54, 1.807) is 18.6 Å². The van der Waals surface area contributed by atoms with Gasteiger partial charge in [-0.05, 0) is 23.8 Å². The molecule has 3 aromatic rings. The fourth-order valence-corrected chi connectivity index (χ4v) is 2.32. The van der Waals surface area contributed by atoms with Crippen LogP contribution in [0.15, 0.2) is 61.3 Å². The lowest BCUT2D eigenvalue weighted by Gasteiger charge is -2.10. The number of aromatic nitrogens is 3. The van der Waals surface area contributed by atoms with Gasteiger partial charge in [-0.15, -0.1) is 0 Å². The summed E-state index contributed by atoms with van der Waals surface area (Å²) in [5, 5.41) is 0.693. The predicted molar refractivity (Wildman–Crippen MR) is 84.6 cm³/mol. The number of halogens is 1. The molecule has 0 saturated carbocycles. The number of pyridine rings is 1. The summed E-state index contributed by atoms with van der Waals surface area (Å²) < 4.78 is 0. The maximum absolute atomic E-state index is 11.4. The van der Waals surface area contributed by atoms with Gasteiger partial charge in [0.1, 0.15) is 12.6 Å². The van der Waals surface area contributed by atoms with Gasteiger partial charge in [0.05, 0.1) is 11.6 Å². The van der Waals surface area contributed by atoms with Crippen molar-refractivity contribution in [3.63, 3.8) is 0 Å². The van der Waals surface area contributed by atoms with E-state index in [2.05, 4.69) is 15.0 Å². The van der Waals surface area contributed by atoms with Gasteiger partial charge < -0.3 is 4.79 Å². The first kappa shape index (κ1) is 14.4. The average Bonchev–Trinajstić information content (AvgIpc) is 2.58. The Bertz CT molecular complexity index is 758. The summed E-state index contributed by atoms with van der Waals surface area (Å²) in [7, 11) is 0. The van der Waals surface area contributed by atoms with E-state index in [-0.39, 0.29) is 0 Å². The van der Waals surface area contributed by atoms with Crippen molar-refractivity contribution in [3.8, 4) is 11.1 Å². The molecule has 0 spiro atoms. The van der Waals surface area contributed by atoms with Crippen LogP contribution in [-0.4, -0.2) is 21.2 Å². The molecule has 108 valence electrons. The Balaban J connectivity index is 1.90. The SMILES string of the molecule is O=CC(c1cncnc1)c1ccc(-c2ccc(Cl)cc2)cn1. The second-order valence-corrected chi connectivity index (χ2v) is 5.20. The van der Waals surface area contributed by atoms with Crippen LogP contribution in [-0.2, 0) is 4.79 Å². The van der Waals surface area contributed by atoms with E-state index < -0.39 is 5.92 Å². The summed E-state index contributed by atoms with van der Waals surface area (Å²) in [6.45, 7) is 0. The minimum absolute atomic E-state index is 0.458. The number of carbonyl (C=O) groups is 1. The van der Waals surface area contributed by atoms with Crippen LogP contribution >= 0.6 is 11.6 Å². The lowest BCUT2D eigenvalue weighted by molar-refractivity contribution is -0.108. The number of aldehydes is 1. The van der Waals surface area contributed by atoms with Gasteiger partial charge >= 0.3 is 0 Å². The summed E-state index contributed by atoms with van der Waals surface area (Å²) >= 11 is 5.89. The van der Waals surface area contributed by atoms with Gasteiger partial charge in [-0.2, -0.15) is 0 Å². The number of nitrogens with zero attached hydrogens (tertiary/aromatic N) is 3. The van der Waals surface area contributed by atoms with E-state index >= 15 is 0 Å². The smallest absolute Gasteiger partial charge is 0.133 e. The van der Waals surface area contributed by atoms with Crippen molar-refractivity contribution in [2.75, 3.05) is 0 Å². The molecular weight excluding hydrogens is 298 g/mol. The van der Waals surface area contributed by atoms with E-state index in [9.17, 15) is 4.79 Å². The van der Waals surface area contributed by atoms with Crippen molar-refractivity contribution in [1.29, 1.82) is 0 Å². The van der Waals surface area contributed by atoms with Gasteiger partial charge in [0.25, 0.3) is 0 Å². The zero-order valence-corrected chi connectivity index (χ0v) is 12.3. The summed E-state index contributed by atoms with van der Waals surface area (Å²) in [6.07, 6.45) is 7.28. The molecule has 0 bridgehead atoms. The highest BCUT2D eigenvalue weighted by atomic mass is 35.5. The third-order valence-electron chi connectivity index (χ3n) is 3.36. The minimum Gasteiger partial charge on any atom is -0.302 e. The molecular formula is C17H12ClN3O. The molecule has 4 nitrogen and oxygen atoms in total. The third-order valence-corrected chi connectivity index (χ3v) is 3.61. The lowest BCUT2D eigenvalue weighted by atomic mass is 9.98. The summed E-state index contributed by atoms with van der Waals surface area (Å²) in [6, 6.07) is 11.3. The average molecular weight is 310 g/mol. The van der Waals surface area contributed by atoms with Crippen LogP contribution in [0.25, 0.3) is 11.1 Å². The van der Waals surface area contributed by atoms with E-state index in [4.69, 9.17) is 11.6 Å². The number of rotatable bonds is 4.